The normalized spacial score (nSPS) is 29.8. The van der Waals surface area contributed by atoms with E-state index >= 15 is 0 Å². The summed E-state index contributed by atoms with van der Waals surface area (Å²) >= 11 is 0. The molecule has 2 rings (SSSR count). The molecule has 5 heteroatoms. The van der Waals surface area contributed by atoms with E-state index in [4.69, 9.17) is 5.73 Å². The molecule has 0 unspecified atom stereocenters. The van der Waals surface area contributed by atoms with Crippen LogP contribution in [0.25, 0.3) is 0 Å². The van der Waals surface area contributed by atoms with Crippen LogP contribution < -0.4 is 5.73 Å². The topological polar surface area (TPSA) is 46.2 Å². The third-order valence-corrected chi connectivity index (χ3v) is 3.95. The summed E-state index contributed by atoms with van der Waals surface area (Å²) in [7, 11) is 0. The van der Waals surface area contributed by atoms with Crippen molar-refractivity contribution in [2.24, 2.45) is 11.7 Å². The Labute approximate surface area is 110 Å². The number of nitrogens with two attached hydrogens (primary N) is 1. The van der Waals surface area contributed by atoms with Gasteiger partial charge in [0.25, 0.3) is 5.92 Å². The molecule has 0 aliphatic heterocycles. The first kappa shape index (κ1) is 14.3. The molecule has 0 amide bonds. The molecule has 1 aromatic carbocycles. The van der Waals surface area contributed by atoms with Crippen molar-refractivity contribution in [3.8, 4) is 0 Å². The van der Waals surface area contributed by atoms with E-state index in [-0.39, 0.29) is 24.8 Å². The quantitative estimate of drug-likeness (QED) is 0.870. The molecule has 0 bridgehead atoms. The highest BCUT2D eigenvalue weighted by molar-refractivity contribution is 5.27. The molecule has 1 aliphatic rings. The minimum absolute atomic E-state index is 0.0145. The molecule has 0 spiro atoms. The van der Waals surface area contributed by atoms with Crippen LogP contribution in [0.15, 0.2) is 24.3 Å². The molecule has 1 aliphatic carbocycles. The van der Waals surface area contributed by atoms with Crippen LogP contribution in [0, 0.1) is 11.7 Å². The number of hydrogen-bond donors (Lipinski definition) is 2. The second kappa shape index (κ2) is 4.80. The summed E-state index contributed by atoms with van der Waals surface area (Å²) in [5.74, 6) is -5.20. The number of aliphatic hydroxyl groups excluding tert-OH is 1. The molecule has 0 aromatic heterocycles. The molecular weight excluding hydrogens is 255 g/mol. The van der Waals surface area contributed by atoms with Gasteiger partial charge in [-0.15, -0.1) is 0 Å². The third kappa shape index (κ3) is 2.49. The molecule has 1 saturated carbocycles. The molecule has 2 nitrogen and oxygen atoms in total. The van der Waals surface area contributed by atoms with Crippen LogP contribution >= 0.6 is 0 Å². The Morgan fingerprint density at radius 1 is 1.37 bits per heavy atom. The molecular formula is C14H18F3NO. The average Bonchev–Trinajstić information content (AvgIpc) is 2.27. The van der Waals surface area contributed by atoms with Crippen molar-refractivity contribution >= 4 is 0 Å². The maximum atomic E-state index is 14.1. The standard InChI is InChI=1S/C14H18F3NO/c1-13(18,9-5-2-3-6-10(9)15)12-11(19)7-4-8-14(12,16)17/h2-3,5-6,11-12,19H,4,7-8,18H2,1H3/t11-,12+,13-/m1/s1. The summed E-state index contributed by atoms with van der Waals surface area (Å²) in [5.41, 5.74) is 4.40. The van der Waals surface area contributed by atoms with Crippen LogP contribution in [0.4, 0.5) is 13.2 Å². The lowest BCUT2D eigenvalue weighted by atomic mass is 9.69. The van der Waals surface area contributed by atoms with E-state index in [0.717, 1.165) is 0 Å². The van der Waals surface area contributed by atoms with Crippen molar-refractivity contribution in [2.45, 2.75) is 43.8 Å². The van der Waals surface area contributed by atoms with E-state index in [1.807, 2.05) is 0 Å². The zero-order chi connectivity index (χ0) is 14.3. The summed E-state index contributed by atoms with van der Waals surface area (Å²) in [5, 5.41) is 9.91. The zero-order valence-corrected chi connectivity index (χ0v) is 10.7. The van der Waals surface area contributed by atoms with E-state index in [1.165, 1.54) is 25.1 Å². The summed E-state index contributed by atoms with van der Waals surface area (Å²) in [4.78, 5) is 0. The van der Waals surface area contributed by atoms with Crippen molar-refractivity contribution in [3.05, 3.63) is 35.6 Å². The number of rotatable bonds is 2. The fourth-order valence-corrected chi connectivity index (χ4v) is 3.05. The monoisotopic (exact) mass is 273 g/mol. The molecule has 1 fully saturated rings. The van der Waals surface area contributed by atoms with Crippen LogP contribution in [0.5, 0.6) is 0 Å². The first-order valence-corrected chi connectivity index (χ1v) is 6.36. The van der Waals surface area contributed by atoms with E-state index in [0.29, 0.717) is 0 Å². The smallest absolute Gasteiger partial charge is 0.255 e. The lowest BCUT2D eigenvalue weighted by Crippen LogP contribution is -2.57. The Bertz CT molecular complexity index is 462. The Kier molecular flexibility index (Phi) is 3.62. The number of aliphatic hydroxyl groups is 1. The van der Waals surface area contributed by atoms with Gasteiger partial charge in [-0.3, -0.25) is 0 Å². The Morgan fingerprint density at radius 2 is 2.00 bits per heavy atom. The number of hydrogen-bond acceptors (Lipinski definition) is 2. The van der Waals surface area contributed by atoms with Gasteiger partial charge in [0.05, 0.1) is 17.6 Å². The summed E-state index contributed by atoms with van der Waals surface area (Å²) in [6, 6.07) is 5.61. The van der Waals surface area contributed by atoms with Crippen molar-refractivity contribution in [1.82, 2.24) is 0 Å². The van der Waals surface area contributed by atoms with Gasteiger partial charge in [-0.1, -0.05) is 18.2 Å². The van der Waals surface area contributed by atoms with Gasteiger partial charge >= 0.3 is 0 Å². The summed E-state index contributed by atoms with van der Waals surface area (Å²) in [6.45, 7) is 1.36. The van der Waals surface area contributed by atoms with Crippen LogP contribution in [0.1, 0.15) is 31.7 Å². The van der Waals surface area contributed by atoms with Crippen LogP contribution in [0.3, 0.4) is 0 Å². The third-order valence-electron chi connectivity index (χ3n) is 3.95. The van der Waals surface area contributed by atoms with E-state index in [9.17, 15) is 18.3 Å². The minimum atomic E-state index is -3.09. The predicted molar refractivity (Wildman–Crippen MR) is 66.2 cm³/mol. The van der Waals surface area contributed by atoms with Gasteiger partial charge in [-0.2, -0.15) is 0 Å². The van der Waals surface area contributed by atoms with Gasteiger partial charge in [0.1, 0.15) is 5.82 Å². The van der Waals surface area contributed by atoms with Gasteiger partial charge < -0.3 is 10.8 Å². The summed E-state index contributed by atoms with van der Waals surface area (Å²) < 4.78 is 42.0. The second-order valence-corrected chi connectivity index (χ2v) is 5.46. The highest BCUT2D eigenvalue weighted by Crippen LogP contribution is 2.47. The fraction of sp³-hybridized carbons (Fsp3) is 0.571. The van der Waals surface area contributed by atoms with Crippen LogP contribution in [0.2, 0.25) is 0 Å². The van der Waals surface area contributed by atoms with Gasteiger partial charge in [-0.25, -0.2) is 13.2 Å². The van der Waals surface area contributed by atoms with Crippen molar-refractivity contribution in [2.75, 3.05) is 0 Å². The lowest BCUT2D eigenvalue weighted by Gasteiger charge is -2.44. The Balaban J connectivity index is 2.45. The summed E-state index contributed by atoms with van der Waals surface area (Å²) in [6.07, 6.45) is -1.03. The number of halogens is 3. The maximum absolute atomic E-state index is 14.1. The highest BCUT2D eigenvalue weighted by atomic mass is 19.3. The maximum Gasteiger partial charge on any atom is 0.255 e. The van der Waals surface area contributed by atoms with Gasteiger partial charge in [0, 0.05) is 12.0 Å². The van der Waals surface area contributed by atoms with Gasteiger partial charge in [0.15, 0.2) is 0 Å². The molecule has 106 valence electrons. The molecule has 3 atom stereocenters. The molecule has 0 heterocycles. The molecule has 0 radical (unpaired) electrons. The average molecular weight is 273 g/mol. The van der Waals surface area contributed by atoms with Crippen molar-refractivity contribution in [3.63, 3.8) is 0 Å². The highest BCUT2D eigenvalue weighted by Gasteiger charge is 2.55. The molecule has 0 saturated heterocycles. The number of alkyl halides is 2. The molecule has 1 aromatic rings. The molecule has 3 N–H and O–H groups in total. The first-order chi connectivity index (χ1) is 8.77. The van der Waals surface area contributed by atoms with Crippen molar-refractivity contribution < 1.29 is 18.3 Å². The minimum Gasteiger partial charge on any atom is -0.393 e. The SMILES string of the molecule is C[C@@](N)(c1ccccc1F)[C@@H]1[C@H](O)CCCC1(F)F. The number of benzene rings is 1. The van der Waals surface area contributed by atoms with Crippen molar-refractivity contribution in [1.29, 1.82) is 0 Å². The van der Waals surface area contributed by atoms with Gasteiger partial charge in [0.2, 0.25) is 0 Å². The van der Waals surface area contributed by atoms with Gasteiger partial charge in [-0.05, 0) is 25.8 Å². The largest absolute Gasteiger partial charge is 0.393 e. The van der Waals surface area contributed by atoms with E-state index in [1.54, 1.807) is 6.07 Å². The Morgan fingerprint density at radius 3 is 2.58 bits per heavy atom. The zero-order valence-electron chi connectivity index (χ0n) is 10.7. The fourth-order valence-electron chi connectivity index (χ4n) is 3.05. The van der Waals surface area contributed by atoms with Crippen LogP contribution in [-0.4, -0.2) is 17.1 Å². The van der Waals surface area contributed by atoms with E-state index in [2.05, 4.69) is 0 Å². The first-order valence-electron chi connectivity index (χ1n) is 6.36. The second-order valence-electron chi connectivity index (χ2n) is 5.46. The molecule has 19 heavy (non-hydrogen) atoms. The van der Waals surface area contributed by atoms with Crippen LogP contribution in [-0.2, 0) is 5.54 Å². The lowest BCUT2D eigenvalue weighted by molar-refractivity contribution is -0.159. The Hall–Kier alpha value is -1.07. The predicted octanol–water partition coefficient (Wildman–Crippen LogP) is 2.80. The van der Waals surface area contributed by atoms with E-state index < -0.39 is 29.3 Å².